The SMILES string of the molecule is CCCN(CCC)S(=O)(=O)c1ccc(CCl)c(Cl)c1. The molecule has 0 saturated carbocycles. The van der Waals surface area contributed by atoms with E-state index in [1.807, 2.05) is 13.8 Å². The summed E-state index contributed by atoms with van der Waals surface area (Å²) >= 11 is 11.7. The lowest BCUT2D eigenvalue weighted by atomic mass is 10.2. The highest BCUT2D eigenvalue weighted by Crippen LogP contribution is 2.24. The zero-order valence-corrected chi connectivity index (χ0v) is 13.5. The lowest BCUT2D eigenvalue weighted by molar-refractivity contribution is 0.410. The summed E-state index contributed by atoms with van der Waals surface area (Å²) in [6, 6.07) is 4.71. The van der Waals surface area contributed by atoms with E-state index in [-0.39, 0.29) is 10.8 Å². The van der Waals surface area contributed by atoms with E-state index in [9.17, 15) is 8.42 Å². The van der Waals surface area contributed by atoms with E-state index in [0.29, 0.717) is 18.1 Å². The van der Waals surface area contributed by atoms with Crippen molar-refractivity contribution in [1.82, 2.24) is 4.31 Å². The molecule has 19 heavy (non-hydrogen) atoms. The summed E-state index contributed by atoms with van der Waals surface area (Å²) in [5, 5.41) is 0.393. The van der Waals surface area contributed by atoms with Crippen LogP contribution in [0.5, 0.6) is 0 Å². The van der Waals surface area contributed by atoms with Crippen LogP contribution in [0, 0.1) is 0 Å². The fraction of sp³-hybridized carbons (Fsp3) is 0.538. The average Bonchev–Trinajstić information content (AvgIpc) is 2.38. The summed E-state index contributed by atoms with van der Waals surface area (Å²) in [7, 11) is -3.47. The van der Waals surface area contributed by atoms with Gasteiger partial charge in [0.1, 0.15) is 0 Å². The number of benzene rings is 1. The van der Waals surface area contributed by atoms with Crippen molar-refractivity contribution in [2.75, 3.05) is 13.1 Å². The second kappa shape index (κ2) is 7.48. The van der Waals surface area contributed by atoms with Crippen LogP contribution in [-0.4, -0.2) is 25.8 Å². The van der Waals surface area contributed by atoms with Crippen LogP contribution in [0.4, 0.5) is 0 Å². The van der Waals surface area contributed by atoms with Crippen LogP contribution < -0.4 is 0 Å². The molecule has 0 aliphatic heterocycles. The van der Waals surface area contributed by atoms with Crippen LogP contribution in [0.3, 0.4) is 0 Å². The monoisotopic (exact) mass is 323 g/mol. The van der Waals surface area contributed by atoms with Crippen molar-refractivity contribution >= 4 is 33.2 Å². The number of rotatable bonds is 7. The van der Waals surface area contributed by atoms with Gasteiger partial charge >= 0.3 is 0 Å². The van der Waals surface area contributed by atoms with Gasteiger partial charge in [-0.1, -0.05) is 31.5 Å². The Kier molecular flexibility index (Phi) is 6.60. The van der Waals surface area contributed by atoms with Gasteiger partial charge in [-0.25, -0.2) is 8.42 Å². The van der Waals surface area contributed by atoms with Crippen LogP contribution in [0.2, 0.25) is 5.02 Å². The molecule has 0 aliphatic rings. The van der Waals surface area contributed by atoms with Crippen molar-refractivity contribution in [3.63, 3.8) is 0 Å². The Hall–Kier alpha value is -0.290. The second-order valence-corrected chi connectivity index (χ2v) is 6.90. The molecular formula is C13H19Cl2NO2S. The zero-order chi connectivity index (χ0) is 14.5. The number of nitrogens with zero attached hydrogens (tertiary/aromatic N) is 1. The van der Waals surface area contributed by atoms with E-state index in [4.69, 9.17) is 23.2 Å². The summed E-state index contributed by atoms with van der Waals surface area (Å²) < 4.78 is 26.5. The number of sulfonamides is 1. The maximum atomic E-state index is 12.5. The van der Waals surface area contributed by atoms with Gasteiger partial charge in [-0.2, -0.15) is 4.31 Å². The normalized spacial score (nSPS) is 12.1. The summed E-state index contributed by atoms with van der Waals surface area (Å²) in [5.41, 5.74) is 0.736. The van der Waals surface area contributed by atoms with E-state index >= 15 is 0 Å². The van der Waals surface area contributed by atoms with Crippen molar-refractivity contribution in [2.45, 2.75) is 37.5 Å². The largest absolute Gasteiger partial charge is 0.243 e. The first-order valence-corrected chi connectivity index (χ1v) is 8.67. The Morgan fingerprint density at radius 2 is 1.74 bits per heavy atom. The van der Waals surface area contributed by atoms with E-state index in [1.165, 1.54) is 10.4 Å². The van der Waals surface area contributed by atoms with Gasteiger partial charge in [-0.15, -0.1) is 11.6 Å². The Balaban J connectivity index is 3.14. The van der Waals surface area contributed by atoms with Gasteiger partial charge in [0, 0.05) is 24.0 Å². The molecule has 6 heteroatoms. The molecule has 0 aromatic heterocycles. The fourth-order valence-electron chi connectivity index (χ4n) is 1.80. The smallest absolute Gasteiger partial charge is 0.207 e. The predicted octanol–water partition coefficient (Wildman–Crippen LogP) is 3.89. The van der Waals surface area contributed by atoms with E-state index in [2.05, 4.69) is 0 Å². The van der Waals surface area contributed by atoms with E-state index < -0.39 is 10.0 Å². The van der Waals surface area contributed by atoms with Crippen LogP contribution in [0.25, 0.3) is 0 Å². The van der Waals surface area contributed by atoms with Gasteiger partial charge in [-0.3, -0.25) is 0 Å². The van der Waals surface area contributed by atoms with Crippen LogP contribution in [0.15, 0.2) is 23.1 Å². The zero-order valence-electron chi connectivity index (χ0n) is 11.2. The van der Waals surface area contributed by atoms with Gasteiger partial charge in [0.2, 0.25) is 10.0 Å². The quantitative estimate of drug-likeness (QED) is 0.714. The molecule has 0 aliphatic carbocycles. The van der Waals surface area contributed by atoms with Crippen LogP contribution in [0.1, 0.15) is 32.3 Å². The highest BCUT2D eigenvalue weighted by Gasteiger charge is 2.23. The Morgan fingerprint density at radius 3 is 2.16 bits per heavy atom. The summed E-state index contributed by atoms with van der Waals surface area (Å²) in [5.74, 6) is 0.271. The van der Waals surface area contributed by atoms with Crippen molar-refractivity contribution in [1.29, 1.82) is 0 Å². The van der Waals surface area contributed by atoms with Gasteiger partial charge in [0.15, 0.2) is 0 Å². The summed E-state index contributed by atoms with van der Waals surface area (Å²) in [6.07, 6.45) is 1.57. The van der Waals surface area contributed by atoms with Crippen molar-refractivity contribution in [2.24, 2.45) is 0 Å². The number of halogens is 2. The van der Waals surface area contributed by atoms with Gasteiger partial charge in [0.05, 0.1) is 4.90 Å². The molecule has 108 valence electrons. The number of hydrogen-bond donors (Lipinski definition) is 0. The van der Waals surface area contributed by atoms with Crippen molar-refractivity contribution in [3.8, 4) is 0 Å². The third-order valence-electron chi connectivity index (χ3n) is 2.75. The number of hydrogen-bond acceptors (Lipinski definition) is 2. The lowest BCUT2D eigenvalue weighted by Gasteiger charge is -2.21. The molecule has 0 radical (unpaired) electrons. The molecule has 0 spiro atoms. The minimum absolute atomic E-state index is 0.230. The van der Waals surface area contributed by atoms with Gasteiger partial charge in [-0.05, 0) is 30.5 Å². The molecule has 0 heterocycles. The Bertz CT molecular complexity index is 511. The molecule has 1 aromatic rings. The molecule has 0 bridgehead atoms. The molecule has 1 rings (SSSR count). The molecule has 0 unspecified atom stereocenters. The first kappa shape index (κ1) is 16.8. The average molecular weight is 324 g/mol. The first-order chi connectivity index (χ1) is 8.97. The molecule has 0 fully saturated rings. The van der Waals surface area contributed by atoms with Crippen LogP contribution in [-0.2, 0) is 15.9 Å². The molecule has 0 amide bonds. The summed E-state index contributed by atoms with van der Waals surface area (Å²) in [4.78, 5) is 0.230. The van der Waals surface area contributed by atoms with Crippen molar-refractivity contribution < 1.29 is 8.42 Å². The predicted molar refractivity (Wildman–Crippen MR) is 80.3 cm³/mol. The Labute approximate surface area is 125 Å². The van der Waals surface area contributed by atoms with E-state index in [1.54, 1.807) is 12.1 Å². The molecule has 3 nitrogen and oxygen atoms in total. The minimum atomic E-state index is -3.47. The van der Waals surface area contributed by atoms with Gasteiger partial charge < -0.3 is 0 Å². The standard InChI is InChI=1S/C13H19Cl2NO2S/c1-3-7-16(8-4-2)19(17,18)12-6-5-11(10-14)13(15)9-12/h5-6,9H,3-4,7-8,10H2,1-2H3. The lowest BCUT2D eigenvalue weighted by Crippen LogP contribution is -2.32. The number of alkyl halides is 1. The van der Waals surface area contributed by atoms with Gasteiger partial charge in [0.25, 0.3) is 0 Å². The third kappa shape index (κ3) is 4.09. The molecular weight excluding hydrogens is 305 g/mol. The summed E-state index contributed by atoms with van der Waals surface area (Å²) in [6.45, 7) is 4.96. The maximum Gasteiger partial charge on any atom is 0.243 e. The molecule has 0 atom stereocenters. The molecule has 0 N–H and O–H groups in total. The second-order valence-electron chi connectivity index (χ2n) is 4.29. The minimum Gasteiger partial charge on any atom is -0.207 e. The van der Waals surface area contributed by atoms with E-state index in [0.717, 1.165) is 18.4 Å². The van der Waals surface area contributed by atoms with Crippen molar-refractivity contribution in [3.05, 3.63) is 28.8 Å². The third-order valence-corrected chi connectivity index (χ3v) is 5.29. The topological polar surface area (TPSA) is 37.4 Å². The van der Waals surface area contributed by atoms with Crippen LogP contribution >= 0.6 is 23.2 Å². The Morgan fingerprint density at radius 1 is 1.16 bits per heavy atom. The fourth-order valence-corrected chi connectivity index (χ4v) is 4.06. The highest BCUT2D eigenvalue weighted by molar-refractivity contribution is 7.89. The highest BCUT2D eigenvalue weighted by atomic mass is 35.5. The molecule has 1 aromatic carbocycles. The first-order valence-electron chi connectivity index (χ1n) is 6.31. The maximum absolute atomic E-state index is 12.5. The molecule has 0 saturated heterocycles.